The van der Waals surface area contributed by atoms with Gasteiger partial charge < -0.3 is 31.9 Å². The number of aliphatic carboxylic acids is 2. The first-order valence-electron chi connectivity index (χ1n) is 10.0. The standard InChI is InChI=1S/C19H34N4O7S/c1-9(2)7-11(20)16(26)21-12(5-6-14(24)25)17(27)23-15(10(3)4)18(28)22-13(8-31)19(29)30/h9-13,15,31H,5-8,20H2,1-4H3,(H,21,26)(H,22,28)(H,23,27)(H,24,25)(H,29,30). The van der Waals surface area contributed by atoms with E-state index < -0.39 is 66.2 Å². The molecule has 4 atom stereocenters. The average Bonchev–Trinajstić information content (AvgIpc) is 2.65. The van der Waals surface area contributed by atoms with E-state index in [2.05, 4.69) is 28.6 Å². The molecule has 0 aromatic carbocycles. The SMILES string of the molecule is CC(C)CC(N)C(=O)NC(CCC(=O)O)C(=O)NC(C(=O)NC(CS)C(=O)O)C(C)C. The Morgan fingerprint density at radius 3 is 1.84 bits per heavy atom. The monoisotopic (exact) mass is 462 g/mol. The number of carbonyl (C=O) groups excluding carboxylic acids is 3. The van der Waals surface area contributed by atoms with Crippen molar-refractivity contribution in [2.24, 2.45) is 17.6 Å². The van der Waals surface area contributed by atoms with Crippen molar-refractivity contribution in [1.82, 2.24) is 16.0 Å². The van der Waals surface area contributed by atoms with Crippen LogP contribution in [0.5, 0.6) is 0 Å². The van der Waals surface area contributed by atoms with Crippen molar-refractivity contribution in [3.63, 3.8) is 0 Å². The van der Waals surface area contributed by atoms with Gasteiger partial charge in [0.25, 0.3) is 0 Å². The molecule has 11 nitrogen and oxygen atoms in total. The summed E-state index contributed by atoms with van der Waals surface area (Å²) in [5.74, 6) is -4.97. The molecule has 178 valence electrons. The molecular weight excluding hydrogens is 428 g/mol. The van der Waals surface area contributed by atoms with Crippen LogP contribution in [0.2, 0.25) is 0 Å². The molecule has 3 amide bonds. The molecule has 0 aromatic heterocycles. The first-order valence-corrected chi connectivity index (χ1v) is 10.6. The number of nitrogens with two attached hydrogens (primary N) is 1. The third kappa shape index (κ3) is 11.0. The maximum atomic E-state index is 12.8. The fraction of sp³-hybridized carbons (Fsp3) is 0.737. The van der Waals surface area contributed by atoms with Gasteiger partial charge in [-0.05, 0) is 24.7 Å². The van der Waals surface area contributed by atoms with Crippen LogP contribution in [0, 0.1) is 11.8 Å². The van der Waals surface area contributed by atoms with Gasteiger partial charge in [0.1, 0.15) is 18.1 Å². The minimum atomic E-state index is -1.28. The molecule has 0 aromatic rings. The summed E-state index contributed by atoms with van der Waals surface area (Å²) in [6.45, 7) is 7.04. The molecule has 31 heavy (non-hydrogen) atoms. The van der Waals surface area contributed by atoms with Crippen LogP contribution in [0.3, 0.4) is 0 Å². The number of carboxylic acids is 2. The average molecular weight is 463 g/mol. The molecule has 0 aliphatic heterocycles. The lowest BCUT2D eigenvalue weighted by Gasteiger charge is -2.27. The zero-order valence-electron chi connectivity index (χ0n) is 18.3. The second-order valence-electron chi connectivity index (χ2n) is 8.04. The summed E-state index contributed by atoms with van der Waals surface area (Å²) in [7, 11) is 0. The van der Waals surface area contributed by atoms with E-state index in [9.17, 15) is 24.0 Å². The van der Waals surface area contributed by atoms with Crippen molar-refractivity contribution < 1.29 is 34.2 Å². The van der Waals surface area contributed by atoms with E-state index in [1.165, 1.54) is 0 Å². The number of carboxylic acid groups (broad SMARTS) is 2. The molecule has 0 saturated heterocycles. The van der Waals surface area contributed by atoms with Gasteiger partial charge in [-0.2, -0.15) is 12.6 Å². The molecule has 0 aliphatic carbocycles. The van der Waals surface area contributed by atoms with Gasteiger partial charge in [0.2, 0.25) is 17.7 Å². The molecule has 0 spiro atoms. The molecule has 7 N–H and O–H groups in total. The van der Waals surface area contributed by atoms with Gasteiger partial charge in [0.15, 0.2) is 0 Å². The predicted molar refractivity (Wildman–Crippen MR) is 116 cm³/mol. The van der Waals surface area contributed by atoms with Crippen LogP contribution in [0.15, 0.2) is 0 Å². The number of carbonyl (C=O) groups is 5. The predicted octanol–water partition coefficient (Wildman–Crippen LogP) is -0.651. The van der Waals surface area contributed by atoms with Crippen LogP contribution in [0.1, 0.15) is 47.0 Å². The molecule has 0 fully saturated rings. The van der Waals surface area contributed by atoms with E-state index >= 15 is 0 Å². The Morgan fingerprint density at radius 1 is 0.871 bits per heavy atom. The van der Waals surface area contributed by atoms with E-state index in [4.69, 9.17) is 15.9 Å². The number of hydrogen-bond acceptors (Lipinski definition) is 7. The number of amides is 3. The third-order valence-electron chi connectivity index (χ3n) is 4.39. The molecular formula is C19H34N4O7S. The minimum absolute atomic E-state index is 0.134. The second kappa shape index (κ2) is 13.9. The van der Waals surface area contributed by atoms with E-state index in [0.29, 0.717) is 6.42 Å². The van der Waals surface area contributed by atoms with Crippen molar-refractivity contribution in [2.45, 2.75) is 71.1 Å². The van der Waals surface area contributed by atoms with E-state index in [1.54, 1.807) is 13.8 Å². The van der Waals surface area contributed by atoms with Gasteiger partial charge in [-0.25, -0.2) is 4.79 Å². The normalized spacial score (nSPS) is 15.0. The van der Waals surface area contributed by atoms with Crippen molar-refractivity contribution in [3.05, 3.63) is 0 Å². The van der Waals surface area contributed by atoms with Gasteiger partial charge >= 0.3 is 11.9 Å². The summed E-state index contributed by atoms with van der Waals surface area (Å²) in [5, 5.41) is 25.3. The van der Waals surface area contributed by atoms with Crippen molar-refractivity contribution in [3.8, 4) is 0 Å². The quantitative estimate of drug-likeness (QED) is 0.166. The van der Waals surface area contributed by atoms with Gasteiger partial charge in [0.05, 0.1) is 6.04 Å². The second-order valence-corrected chi connectivity index (χ2v) is 8.41. The lowest BCUT2D eigenvalue weighted by molar-refractivity contribution is -0.142. The molecule has 0 radical (unpaired) electrons. The maximum Gasteiger partial charge on any atom is 0.327 e. The van der Waals surface area contributed by atoms with Gasteiger partial charge in [0, 0.05) is 12.2 Å². The Bertz CT molecular complexity index is 657. The Kier molecular flexibility index (Phi) is 12.8. The summed E-state index contributed by atoms with van der Waals surface area (Å²) in [4.78, 5) is 59.7. The largest absolute Gasteiger partial charge is 0.481 e. The lowest BCUT2D eigenvalue weighted by Crippen LogP contribution is -2.58. The zero-order chi connectivity index (χ0) is 24.3. The minimum Gasteiger partial charge on any atom is -0.481 e. The summed E-state index contributed by atoms with van der Waals surface area (Å²) >= 11 is 3.88. The number of nitrogens with one attached hydrogen (secondary N) is 3. The highest BCUT2D eigenvalue weighted by Crippen LogP contribution is 2.08. The third-order valence-corrected chi connectivity index (χ3v) is 4.75. The molecule has 0 bridgehead atoms. The van der Waals surface area contributed by atoms with E-state index in [-0.39, 0.29) is 18.1 Å². The molecule has 0 rings (SSSR count). The smallest absolute Gasteiger partial charge is 0.327 e. The topological polar surface area (TPSA) is 188 Å². The maximum absolute atomic E-state index is 12.8. The van der Waals surface area contributed by atoms with E-state index in [1.807, 2.05) is 13.8 Å². The lowest BCUT2D eigenvalue weighted by atomic mass is 10.0. The highest BCUT2D eigenvalue weighted by molar-refractivity contribution is 7.80. The molecule has 0 heterocycles. The van der Waals surface area contributed by atoms with Crippen LogP contribution in [0.4, 0.5) is 0 Å². The summed E-state index contributed by atoms with van der Waals surface area (Å²) in [6, 6.07) is -4.46. The van der Waals surface area contributed by atoms with Gasteiger partial charge in [-0.15, -0.1) is 0 Å². The Morgan fingerprint density at radius 2 is 1.42 bits per heavy atom. The number of thiol groups is 1. The van der Waals surface area contributed by atoms with Crippen LogP contribution in [-0.4, -0.2) is 69.8 Å². The fourth-order valence-corrected chi connectivity index (χ4v) is 2.91. The first kappa shape index (κ1) is 28.7. The van der Waals surface area contributed by atoms with Crippen LogP contribution < -0.4 is 21.7 Å². The van der Waals surface area contributed by atoms with Gasteiger partial charge in [-0.1, -0.05) is 27.7 Å². The summed E-state index contributed by atoms with van der Waals surface area (Å²) < 4.78 is 0. The summed E-state index contributed by atoms with van der Waals surface area (Å²) in [6.07, 6.45) is -0.227. The zero-order valence-corrected chi connectivity index (χ0v) is 19.1. The van der Waals surface area contributed by atoms with Crippen molar-refractivity contribution in [1.29, 1.82) is 0 Å². The Balaban J connectivity index is 5.40. The number of hydrogen-bond donors (Lipinski definition) is 7. The first-order chi connectivity index (χ1) is 14.3. The molecule has 0 aliphatic rings. The molecule has 0 saturated carbocycles. The Labute approximate surface area is 187 Å². The van der Waals surface area contributed by atoms with E-state index in [0.717, 1.165) is 0 Å². The van der Waals surface area contributed by atoms with Crippen molar-refractivity contribution >= 4 is 42.3 Å². The van der Waals surface area contributed by atoms with Crippen LogP contribution in [-0.2, 0) is 24.0 Å². The Hall–Kier alpha value is -2.34. The van der Waals surface area contributed by atoms with Crippen LogP contribution in [0.25, 0.3) is 0 Å². The molecule has 4 unspecified atom stereocenters. The fourth-order valence-electron chi connectivity index (χ4n) is 2.67. The summed E-state index contributed by atoms with van der Waals surface area (Å²) in [5.41, 5.74) is 5.83. The van der Waals surface area contributed by atoms with Crippen molar-refractivity contribution in [2.75, 3.05) is 5.75 Å². The number of rotatable bonds is 14. The highest BCUT2D eigenvalue weighted by atomic mass is 32.1. The highest BCUT2D eigenvalue weighted by Gasteiger charge is 2.31. The molecule has 12 heteroatoms. The van der Waals surface area contributed by atoms with Gasteiger partial charge in [-0.3, -0.25) is 19.2 Å². The van der Waals surface area contributed by atoms with Crippen LogP contribution >= 0.6 is 12.6 Å².